The number of Topliss-reactive ketones (excluding diaryl/α,β-unsaturated/α-hetero) is 2. The van der Waals surface area contributed by atoms with Crippen molar-refractivity contribution < 1.29 is 14.3 Å². The first-order valence-electron chi connectivity index (χ1n) is 6.94. The topological polar surface area (TPSA) is 43.4 Å². The second-order valence-electron chi connectivity index (χ2n) is 5.03. The standard InChI is InChI=1S/C16H16O3S/c1-2-5-10-8-9-19-15-13(17)11-6-3-4-7-12(11)14(18)16(15)20-10/h3-4,6-7,10H,2,5,8-9H2,1H3. The molecule has 0 saturated carbocycles. The third-order valence-corrected chi connectivity index (χ3v) is 5.03. The fourth-order valence-corrected chi connectivity index (χ4v) is 3.99. The number of rotatable bonds is 2. The Hall–Kier alpha value is -1.55. The number of hydrogen-bond donors (Lipinski definition) is 0. The SMILES string of the molecule is CCCC1CCOC2=C(S1)C(=O)c1ccccc1C2=O. The minimum atomic E-state index is -0.153. The van der Waals surface area contributed by atoms with Crippen molar-refractivity contribution in [1.82, 2.24) is 0 Å². The van der Waals surface area contributed by atoms with E-state index < -0.39 is 0 Å². The number of thioether (sulfide) groups is 1. The van der Waals surface area contributed by atoms with Gasteiger partial charge in [0.1, 0.15) is 4.91 Å². The van der Waals surface area contributed by atoms with Crippen LogP contribution in [0.5, 0.6) is 0 Å². The molecule has 0 radical (unpaired) electrons. The average Bonchev–Trinajstić information content (AvgIpc) is 2.68. The van der Waals surface area contributed by atoms with E-state index in [0.717, 1.165) is 19.3 Å². The summed E-state index contributed by atoms with van der Waals surface area (Å²) in [6.45, 7) is 2.64. The number of ketones is 2. The van der Waals surface area contributed by atoms with Gasteiger partial charge in [0.05, 0.1) is 6.61 Å². The fourth-order valence-electron chi connectivity index (χ4n) is 2.61. The summed E-state index contributed by atoms with van der Waals surface area (Å²) in [5.74, 6) is 0.0420. The smallest absolute Gasteiger partial charge is 0.229 e. The molecule has 0 bridgehead atoms. The Kier molecular flexibility index (Phi) is 3.66. The highest BCUT2D eigenvalue weighted by molar-refractivity contribution is 8.04. The van der Waals surface area contributed by atoms with Crippen LogP contribution in [0.25, 0.3) is 0 Å². The molecular weight excluding hydrogens is 272 g/mol. The van der Waals surface area contributed by atoms with E-state index in [-0.39, 0.29) is 17.3 Å². The van der Waals surface area contributed by atoms with Gasteiger partial charge in [-0.25, -0.2) is 0 Å². The van der Waals surface area contributed by atoms with Gasteiger partial charge >= 0.3 is 0 Å². The van der Waals surface area contributed by atoms with E-state index in [1.165, 1.54) is 11.8 Å². The van der Waals surface area contributed by atoms with Crippen LogP contribution in [0.4, 0.5) is 0 Å². The van der Waals surface area contributed by atoms with Gasteiger partial charge < -0.3 is 4.74 Å². The Morgan fingerprint density at radius 3 is 2.60 bits per heavy atom. The first kappa shape index (κ1) is 13.4. The van der Waals surface area contributed by atoms with Gasteiger partial charge in [-0.05, 0) is 12.8 Å². The summed E-state index contributed by atoms with van der Waals surface area (Å²) in [6.07, 6.45) is 2.98. The van der Waals surface area contributed by atoms with Crippen LogP contribution in [0.15, 0.2) is 34.9 Å². The molecule has 1 aromatic carbocycles. The fraction of sp³-hybridized carbons (Fsp3) is 0.375. The minimum Gasteiger partial charge on any atom is -0.488 e. The number of ether oxygens (including phenoxy) is 1. The van der Waals surface area contributed by atoms with Crippen molar-refractivity contribution >= 4 is 23.3 Å². The monoisotopic (exact) mass is 288 g/mol. The number of hydrogen-bond acceptors (Lipinski definition) is 4. The lowest BCUT2D eigenvalue weighted by atomic mass is 9.93. The number of fused-ring (bicyclic) bond motifs is 1. The quantitative estimate of drug-likeness (QED) is 0.834. The molecule has 0 spiro atoms. The lowest BCUT2D eigenvalue weighted by Gasteiger charge is -2.19. The van der Waals surface area contributed by atoms with Crippen molar-refractivity contribution in [2.45, 2.75) is 31.4 Å². The van der Waals surface area contributed by atoms with Gasteiger partial charge in [0, 0.05) is 16.4 Å². The van der Waals surface area contributed by atoms with E-state index in [4.69, 9.17) is 4.74 Å². The van der Waals surface area contributed by atoms with Crippen molar-refractivity contribution in [1.29, 1.82) is 0 Å². The number of allylic oxidation sites excluding steroid dienone is 2. The summed E-state index contributed by atoms with van der Waals surface area (Å²) in [5.41, 5.74) is 0.968. The average molecular weight is 288 g/mol. The van der Waals surface area contributed by atoms with Gasteiger partial charge in [-0.1, -0.05) is 37.6 Å². The molecule has 1 unspecified atom stereocenters. The van der Waals surface area contributed by atoms with Gasteiger partial charge in [-0.15, -0.1) is 11.8 Å². The van der Waals surface area contributed by atoms with E-state index in [0.29, 0.717) is 27.9 Å². The zero-order valence-corrected chi connectivity index (χ0v) is 12.2. The Morgan fingerprint density at radius 1 is 1.20 bits per heavy atom. The lowest BCUT2D eigenvalue weighted by molar-refractivity contribution is 0.0881. The normalized spacial score (nSPS) is 21.9. The van der Waals surface area contributed by atoms with E-state index >= 15 is 0 Å². The molecule has 0 saturated heterocycles. The van der Waals surface area contributed by atoms with Crippen molar-refractivity contribution in [2.24, 2.45) is 0 Å². The molecule has 20 heavy (non-hydrogen) atoms. The van der Waals surface area contributed by atoms with Crippen LogP contribution in [-0.4, -0.2) is 23.4 Å². The molecule has 1 aliphatic heterocycles. The summed E-state index contributed by atoms with van der Waals surface area (Å²) in [6, 6.07) is 6.99. The van der Waals surface area contributed by atoms with Crippen molar-refractivity contribution in [3.05, 3.63) is 46.1 Å². The summed E-state index contributed by atoms with van der Waals surface area (Å²) in [5, 5.41) is 0.356. The molecule has 3 rings (SSSR count). The molecule has 104 valence electrons. The zero-order chi connectivity index (χ0) is 14.1. The molecule has 0 aromatic heterocycles. The predicted molar refractivity (Wildman–Crippen MR) is 79.0 cm³/mol. The Morgan fingerprint density at radius 2 is 1.90 bits per heavy atom. The van der Waals surface area contributed by atoms with Crippen LogP contribution in [0.3, 0.4) is 0 Å². The molecule has 1 heterocycles. The van der Waals surface area contributed by atoms with Crippen LogP contribution in [0.2, 0.25) is 0 Å². The molecule has 0 fully saturated rings. The van der Waals surface area contributed by atoms with Gasteiger partial charge in [-0.2, -0.15) is 0 Å². The maximum absolute atomic E-state index is 12.6. The number of carbonyl (C=O) groups excluding carboxylic acids is 2. The second-order valence-corrected chi connectivity index (χ2v) is 6.34. The van der Waals surface area contributed by atoms with Crippen LogP contribution in [0, 0.1) is 0 Å². The van der Waals surface area contributed by atoms with E-state index in [1.54, 1.807) is 24.3 Å². The Labute approximate surface area is 122 Å². The third-order valence-electron chi connectivity index (χ3n) is 3.62. The van der Waals surface area contributed by atoms with Gasteiger partial charge in [-0.3, -0.25) is 9.59 Å². The highest BCUT2D eigenvalue weighted by atomic mass is 32.2. The predicted octanol–water partition coefficient (Wildman–Crippen LogP) is 3.60. The van der Waals surface area contributed by atoms with Crippen molar-refractivity contribution in [3.8, 4) is 0 Å². The molecular formula is C16H16O3S. The van der Waals surface area contributed by atoms with Crippen molar-refractivity contribution in [3.63, 3.8) is 0 Å². The molecule has 3 nitrogen and oxygen atoms in total. The van der Waals surface area contributed by atoms with E-state index in [1.807, 2.05) is 0 Å². The van der Waals surface area contributed by atoms with Crippen LogP contribution in [-0.2, 0) is 4.74 Å². The first-order valence-corrected chi connectivity index (χ1v) is 7.82. The van der Waals surface area contributed by atoms with E-state index in [2.05, 4.69) is 6.92 Å². The molecule has 0 N–H and O–H groups in total. The molecule has 2 aliphatic rings. The lowest BCUT2D eigenvalue weighted by Crippen LogP contribution is -2.21. The highest BCUT2D eigenvalue weighted by Crippen LogP contribution is 2.39. The molecule has 0 amide bonds. The number of benzene rings is 1. The van der Waals surface area contributed by atoms with Gasteiger partial charge in [0.25, 0.3) is 0 Å². The Bertz CT molecular complexity index is 603. The maximum atomic E-state index is 12.6. The molecule has 1 atom stereocenters. The Balaban J connectivity index is 2.02. The summed E-state index contributed by atoms with van der Waals surface area (Å²) < 4.78 is 5.61. The summed E-state index contributed by atoms with van der Waals surface area (Å²) in [7, 11) is 0. The number of carbonyl (C=O) groups is 2. The van der Waals surface area contributed by atoms with E-state index in [9.17, 15) is 9.59 Å². The third kappa shape index (κ3) is 2.18. The first-order chi connectivity index (χ1) is 9.72. The summed E-state index contributed by atoms with van der Waals surface area (Å²) in [4.78, 5) is 25.6. The molecule has 1 aromatic rings. The maximum Gasteiger partial charge on any atom is 0.229 e. The zero-order valence-electron chi connectivity index (χ0n) is 11.3. The highest BCUT2D eigenvalue weighted by Gasteiger charge is 2.36. The molecule has 4 heteroatoms. The molecule has 1 aliphatic carbocycles. The van der Waals surface area contributed by atoms with Crippen molar-refractivity contribution in [2.75, 3.05) is 6.61 Å². The van der Waals surface area contributed by atoms with Gasteiger partial charge in [0.15, 0.2) is 5.76 Å². The van der Waals surface area contributed by atoms with Gasteiger partial charge in [0.2, 0.25) is 11.6 Å². The van der Waals surface area contributed by atoms with Crippen LogP contribution < -0.4 is 0 Å². The van der Waals surface area contributed by atoms with Crippen LogP contribution in [0.1, 0.15) is 46.9 Å². The summed E-state index contributed by atoms with van der Waals surface area (Å²) >= 11 is 1.52. The minimum absolute atomic E-state index is 0.0665. The second kappa shape index (κ2) is 5.44. The largest absolute Gasteiger partial charge is 0.488 e. The van der Waals surface area contributed by atoms with Crippen LogP contribution >= 0.6 is 11.8 Å².